The number of nitrogens with two attached hydrogens (primary N) is 1. The van der Waals surface area contributed by atoms with Gasteiger partial charge in [0.2, 0.25) is 15.9 Å². The van der Waals surface area contributed by atoms with Crippen LogP contribution in [0.5, 0.6) is 11.5 Å². The molecule has 1 fully saturated rings. The maximum absolute atomic E-state index is 12.3. The molecule has 0 saturated carbocycles. The third-order valence-electron chi connectivity index (χ3n) is 4.99. The minimum atomic E-state index is -3.75. The fourth-order valence-corrected chi connectivity index (χ4v) is 4.00. The highest BCUT2D eigenvalue weighted by atomic mass is 32.2. The highest BCUT2D eigenvalue weighted by Gasteiger charge is 2.34. The number of sulfonamides is 1. The van der Waals surface area contributed by atoms with Crippen LogP contribution in [-0.4, -0.2) is 33.6 Å². The number of rotatable bonds is 9. The first-order valence-electron chi connectivity index (χ1n) is 10.2. The van der Waals surface area contributed by atoms with E-state index < -0.39 is 10.0 Å². The molecule has 2 atom stereocenters. The van der Waals surface area contributed by atoms with Crippen LogP contribution in [0.4, 0.5) is 0 Å². The van der Waals surface area contributed by atoms with Gasteiger partial charge >= 0.3 is 0 Å². The Bertz CT molecular complexity index is 1030. The molecule has 0 aromatic heterocycles. The molecule has 7 nitrogen and oxygen atoms in total. The number of carbonyl (C=O) groups is 1. The number of amides is 1. The summed E-state index contributed by atoms with van der Waals surface area (Å²) in [6.45, 7) is 4.93. The highest BCUT2D eigenvalue weighted by Crippen LogP contribution is 2.25. The number of allylic oxidation sites excluding steroid dienone is 1. The molecular formula is C23H28N2O5S. The Morgan fingerprint density at radius 3 is 2.55 bits per heavy atom. The number of primary sulfonamides is 1. The van der Waals surface area contributed by atoms with Gasteiger partial charge in [0.15, 0.2) is 0 Å². The third-order valence-corrected chi connectivity index (χ3v) is 5.90. The molecule has 0 aliphatic carbocycles. The van der Waals surface area contributed by atoms with Crippen LogP contribution in [0, 0.1) is 11.8 Å². The lowest BCUT2D eigenvalue weighted by Crippen LogP contribution is -2.22. The van der Waals surface area contributed by atoms with Crippen LogP contribution in [0.15, 0.2) is 59.5 Å². The Hall–Kier alpha value is -2.84. The largest absolute Gasteiger partial charge is 0.493 e. The highest BCUT2D eigenvalue weighted by molar-refractivity contribution is 7.89. The molecule has 2 aromatic carbocycles. The molecule has 0 unspecified atom stereocenters. The number of carbonyl (C=O) groups excluding carboxylic acids is 1. The second-order valence-electron chi connectivity index (χ2n) is 7.82. The van der Waals surface area contributed by atoms with Gasteiger partial charge in [-0.25, -0.2) is 13.6 Å². The molecule has 1 aliphatic rings. The maximum Gasteiger partial charge on any atom is 0.238 e. The summed E-state index contributed by atoms with van der Waals surface area (Å²) in [6.07, 6.45) is 4.31. The van der Waals surface area contributed by atoms with Gasteiger partial charge in [0, 0.05) is 18.4 Å². The van der Waals surface area contributed by atoms with Crippen molar-refractivity contribution >= 4 is 22.0 Å². The molecule has 8 heteroatoms. The Labute approximate surface area is 183 Å². The fourth-order valence-electron chi connectivity index (χ4n) is 3.43. The first-order chi connectivity index (χ1) is 14.7. The van der Waals surface area contributed by atoms with Crippen LogP contribution in [0.25, 0.3) is 6.08 Å². The number of nitrogens with one attached hydrogen (secondary N) is 1. The zero-order valence-electron chi connectivity index (χ0n) is 17.7. The van der Waals surface area contributed by atoms with Gasteiger partial charge in [-0.3, -0.25) is 4.79 Å². The molecule has 0 spiro atoms. The van der Waals surface area contributed by atoms with Gasteiger partial charge in [-0.15, -0.1) is 0 Å². The lowest BCUT2D eigenvalue weighted by atomic mass is 9.92. The van der Waals surface area contributed by atoms with Gasteiger partial charge in [0.05, 0.1) is 17.6 Å². The molecule has 1 heterocycles. The Balaban J connectivity index is 1.57. The van der Waals surface area contributed by atoms with Crippen molar-refractivity contribution in [1.29, 1.82) is 0 Å². The zero-order chi connectivity index (χ0) is 22.4. The minimum absolute atomic E-state index is 0.00258. The third kappa shape index (κ3) is 6.57. The van der Waals surface area contributed by atoms with Crippen LogP contribution in [0.3, 0.4) is 0 Å². The summed E-state index contributed by atoms with van der Waals surface area (Å²) in [5.74, 6) is 1.34. The van der Waals surface area contributed by atoms with Gasteiger partial charge in [-0.2, -0.15) is 0 Å². The Morgan fingerprint density at radius 2 is 1.87 bits per heavy atom. The topological polar surface area (TPSA) is 108 Å². The van der Waals surface area contributed by atoms with Crippen LogP contribution in [0.1, 0.15) is 25.8 Å². The first-order valence-corrected chi connectivity index (χ1v) is 11.7. The van der Waals surface area contributed by atoms with Crippen molar-refractivity contribution in [2.24, 2.45) is 17.0 Å². The van der Waals surface area contributed by atoms with Crippen molar-refractivity contribution in [3.8, 4) is 11.5 Å². The van der Waals surface area contributed by atoms with Crippen LogP contribution >= 0.6 is 0 Å². The van der Waals surface area contributed by atoms with Gasteiger partial charge in [-0.05, 0) is 62.2 Å². The summed E-state index contributed by atoms with van der Waals surface area (Å²) in [5, 5.41) is 8.07. The van der Waals surface area contributed by atoms with Crippen molar-refractivity contribution < 1.29 is 22.7 Å². The summed E-state index contributed by atoms with van der Waals surface area (Å²) in [4.78, 5) is 12.3. The van der Waals surface area contributed by atoms with Crippen molar-refractivity contribution in [2.45, 2.75) is 31.3 Å². The Kier molecular flexibility index (Phi) is 7.35. The van der Waals surface area contributed by atoms with E-state index in [9.17, 15) is 13.2 Å². The molecule has 31 heavy (non-hydrogen) atoms. The zero-order valence-corrected chi connectivity index (χ0v) is 18.5. The molecule has 1 aliphatic heterocycles. The van der Waals surface area contributed by atoms with Crippen LogP contribution in [-0.2, 0) is 14.8 Å². The lowest BCUT2D eigenvalue weighted by Gasteiger charge is -2.16. The van der Waals surface area contributed by atoms with Gasteiger partial charge < -0.3 is 14.8 Å². The number of ether oxygens (including phenoxy) is 2. The van der Waals surface area contributed by atoms with E-state index >= 15 is 0 Å². The summed E-state index contributed by atoms with van der Waals surface area (Å²) >= 11 is 0. The second-order valence-corrected chi connectivity index (χ2v) is 9.38. The van der Waals surface area contributed by atoms with E-state index in [2.05, 4.69) is 5.32 Å². The van der Waals surface area contributed by atoms with Crippen LogP contribution < -0.4 is 19.9 Å². The molecule has 166 valence electrons. The molecule has 0 bridgehead atoms. The van der Waals surface area contributed by atoms with Gasteiger partial charge in [0.25, 0.3) is 0 Å². The average Bonchev–Trinajstić information content (AvgIpc) is 3.06. The molecule has 2 aromatic rings. The monoisotopic (exact) mass is 444 g/mol. The van der Waals surface area contributed by atoms with E-state index in [1.807, 2.05) is 44.2 Å². The molecule has 1 amide bonds. The molecule has 1 saturated heterocycles. The van der Waals surface area contributed by atoms with Crippen molar-refractivity contribution in [3.63, 3.8) is 0 Å². The summed E-state index contributed by atoms with van der Waals surface area (Å²) < 4.78 is 34.5. The van der Waals surface area contributed by atoms with E-state index in [1.165, 1.54) is 12.1 Å². The lowest BCUT2D eigenvalue weighted by molar-refractivity contribution is -0.123. The summed E-state index contributed by atoms with van der Waals surface area (Å²) in [7, 11) is -3.75. The first kappa shape index (κ1) is 22.8. The standard InChI is InChI=1S/C23H28N2O5S/c1-16(2)30-20-11-9-19(10-12-20)29-15-18-14-25-23(26)22(18)8-4-6-17-5-3-7-21(13-17)31(24,27)28/h3-7,9-13,16,18,22H,8,14-15H2,1-2H3,(H,25,26)(H2,24,27,28)/b6-4-/t18-,22-/m1/s1. The number of hydrogen-bond donors (Lipinski definition) is 2. The smallest absolute Gasteiger partial charge is 0.238 e. The molecule has 0 radical (unpaired) electrons. The predicted molar refractivity (Wildman–Crippen MR) is 119 cm³/mol. The van der Waals surface area contributed by atoms with E-state index in [1.54, 1.807) is 18.2 Å². The number of benzene rings is 2. The van der Waals surface area contributed by atoms with Crippen LogP contribution in [0.2, 0.25) is 0 Å². The SMILES string of the molecule is CC(C)Oc1ccc(OC[C@H]2CNC(=O)[C@@H]2C/C=C\c2cccc(S(N)(=O)=O)c2)cc1. The minimum Gasteiger partial charge on any atom is -0.493 e. The van der Waals surface area contributed by atoms with E-state index in [0.717, 1.165) is 11.5 Å². The van der Waals surface area contributed by atoms with E-state index in [4.69, 9.17) is 14.6 Å². The van der Waals surface area contributed by atoms with Crippen molar-refractivity contribution in [2.75, 3.05) is 13.2 Å². The van der Waals surface area contributed by atoms with E-state index in [-0.39, 0.29) is 28.7 Å². The van der Waals surface area contributed by atoms with Crippen molar-refractivity contribution in [1.82, 2.24) is 5.32 Å². The fraction of sp³-hybridized carbons (Fsp3) is 0.348. The summed E-state index contributed by atoms with van der Waals surface area (Å²) in [6, 6.07) is 13.8. The normalized spacial score (nSPS) is 19.0. The van der Waals surface area contributed by atoms with Crippen molar-refractivity contribution in [3.05, 3.63) is 60.2 Å². The number of hydrogen-bond acceptors (Lipinski definition) is 5. The second kappa shape index (κ2) is 9.98. The average molecular weight is 445 g/mol. The van der Waals surface area contributed by atoms with Gasteiger partial charge in [0.1, 0.15) is 11.5 Å². The summed E-state index contributed by atoms with van der Waals surface area (Å²) in [5.41, 5.74) is 0.710. The molecular weight excluding hydrogens is 416 g/mol. The van der Waals surface area contributed by atoms with Gasteiger partial charge in [-0.1, -0.05) is 24.3 Å². The predicted octanol–water partition coefficient (Wildman–Crippen LogP) is 2.97. The Morgan fingerprint density at radius 1 is 1.16 bits per heavy atom. The quantitative estimate of drug-likeness (QED) is 0.618. The maximum atomic E-state index is 12.3. The van der Waals surface area contributed by atoms with E-state index in [0.29, 0.717) is 25.1 Å². The molecule has 3 N–H and O–H groups in total. The molecule has 3 rings (SSSR count).